The Morgan fingerprint density at radius 3 is 2.52 bits per heavy atom. The van der Waals surface area contributed by atoms with E-state index in [4.69, 9.17) is 4.42 Å². The molecule has 0 fully saturated rings. The van der Waals surface area contributed by atoms with Crippen molar-refractivity contribution in [1.29, 1.82) is 0 Å². The molecule has 10 rings (SSSR count). The Kier molecular flexibility index (Phi) is 9.31. The molecule has 0 N–H and O–H groups in total. The zero-order chi connectivity index (χ0) is 41.8. The predicted octanol–water partition coefficient (Wildman–Crippen LogP) is 13.2. The molecule has 5 aromatic rings. The molecule has 5 atom stereocenters. The summed E-state index contributed by atoms with van der Waals surface area (Å²) in [7, 11) is 1.22. The van der Waals surface area contributed by atoms with Gasteiger partial charge in [0.1, 0.15) is 34.7 Å². The largest absolute Gasteiger partial charge is 0.455 e. The maximum absolute atomic E-state index is 7.06. The number of fused-ring (bicyclic) bond motifs is 11. The highest BCUT2D eigenvalue weighted by atomic mass is 28.3. The minimum atomic E-state index is -1.28. The topological polar surface area (TPSA) is 17.0 Å². The lowest BCUT2D eigenvalue weighted by atomic mass is 9.62. The zero-order valence-electron chi connectivity index (χ0n) is 37.3. The van der Waals surface area contributed by atoms with Gasteiger partial charge in [-0.25, -0.2) is 0 Å². The normalized spacial score (nSPS) is 25.1. The quantitative estimate of drug-likeness (QED) is 0.0909. The molecule has 3 aliphatic heterocycles. The number of furan rings is 1. The molecule has 4 heteroatoms. The molecule has 5 unspecified atom stereocenters. The van der Waals surface area contributed by atoms with Gasteiger partial charge in [0.2, 0.25) is 5.69 Å². The van der Waals surface area contributed by atoms with Crippen LogP contribution < -0.4 is 9.75 Å². The standard InChI is InChI=1S/C56H62N2OSi/c1-11-51-56(12-2,47-23-16-15-21-45(47)48-31-46(50(60(9)10)32-57(48)51)42-22-17-19-38-18-13-14-20-41(38)42)52-30-39-25-27-44-43-26-24-35(5)37(7)54(43)59-55(44)53(39)49-29-40(28-34(3)4)36(6)33-58(49,52)8/h13-16,18,20-27,29-35,49,51,60H,7,11-12,17,19,28H2,1-6,8-10H3/q+2. The molecule has 2 aromatic heterocycles. The summed E-state index contributed by atoms with van der Waals surface area (Å²) in [5, 5.41) is 2.76. The van der Waals surface area contributed by atoms with Crippen LogP contribution in [0.15, 0.2) is 125 Å². The smallest absolute Gasteiger partial charge is 0.213 e. The number of likely N-dealkylation sites (N-methyl/N-ethyl adjacent to an activating group) is 1. The van der Waals surface area contributed by atoms with Crippen LogP contribution in [0.2, 0.25) is 13.1 Å². The number of quaternary nitrogens is 1. The average molecular weight is 807 g/mol. The SMILES string of the molecule is C=C1c2oc3c4c(ccc3c2C=CC1C)C=C(C1(CC)c2ccccc2-c2cc(C3=CCCc5ccccc53)c([SiH](C)C)c[n+]2C1CC)[N+]1(C)C=C(C)C(CC(C)C)=CC41. The van der Waals surface area contributed by atoms with E-state index in [0.717, 1.165) is 49.0 Å². The molecule has 0 amide bonds. The summed E-state index contributed by atoms with van der Waals surface area (Å²) >= 11 is 0. The maximum Gasteiger partial charge on any atom is 0.213 e. The van der Waals surface area contributed by atoms with E-state index in [0.29, 0.717) is 10.4 Å². The van der Waals surface area contributed by atoms with Gasteiger partial charge < -0.3 is 4.42 Å². The first-order valence-electron chi connectivity index (χ1n) is 22.8. The summed E-state index contributed by atoms with van der Waals surface area (Å²) < 4.78 is 10.5. The van der Waals surface area contributed by atoms with Crippen molar-refractivity contribution in [3.05, 3.63) is 165 Å². The molecule has 0 radical (unpaired) electrons. The first-order chi connectivity index (χ1) is 28.9. The molecule has 3 nitrogen and oxygen atoms in total. The van der Waals surface area contributed by atoms with E-state index >= 15 is 0 Å². The summed E-state index contributed by atoms with van der Waals surface area (Å²) in [5.41, 5.74) is 19.8. The monoisotopic (exact) mass is 806 g/mol. The lowest BCUT2D eigenvalue weighted by Gasteiger charge is -2.52. The minimum absolute atomic E-state index is 0.0576. The van der Waals surface area contributed by atoms with E-state index in [-0.39, 0.29) is 23.4 Å². The zero-order valence-corrected chi connectivity index (χ0v) is 38.5. The third-order valence-electron chi connectivity index (χ3n) is 15.1. The van der Waals surface area contributed by atoms with E-state index in [2.05, 4.69) is 182 Å². The third-order valence-corrected chi connectivity index (χ3v) is 16.8. The van der Waals surface area contributed by atoms with Gasteiger partial charge in [-0.1, -0.05) is 121 Å². The Morgan fingerprint density at radius 2 is 1.77 bits per heavy atom. The Labute approximate surface area is 360 Å². The van der Waals surface area contributed by atoms with Gasteiger partial charge >= 0.3 is 0 Å². The highest BCUT2D eigenvalue weighted by molar-refractivity contribution is 6.71. The first-order valence-corrected chi connectivity index (χ1v) is 25.7. The summed E-state index contributed by atoms with van der Waals surface area (Å²) in [6.07, 6.45) is 22.8. The summed E-state index contributed by atoms with van der Waals surface area (Å²) in [6, 6.07) is 26.2. The van der Waals surface area contributed by atoms with Gasteiger partial charge in [0.05, 0.1) is 27.0 Å². The van der Waals surface area contributed by atoms with Crippen molar-refractivity contribution in [2.45, 2.75) is 104 Å². The number of allylic oxidation sites excluding steroid dienone is 6. The second-order valence-electron chi connectivity index (χ2n) is 19.4. The van der Waals surface area contributed by atoms with E-state index in [1.807, 2.05) is 0 Å². The van der Waals surface area contributed by atoms with Gasteiger partial charge in [0.15, 0.2) is 12.2 Å². The number of rotatable bonds is 7. The fourth-order valence-electron chi connectivity index (χ4n) is 12.2. The number of aryl methyl sites for hydroxylation is 1. The van der Waals surface area contributed by atoms with Crippen LogP contribution in [0, 0.1) is 11.8 Å². The molecule has 0 saturated carbocycles. The van der Waals surface area contributed by atoms with Crippen LogP contribution in [0.1, 0.15) is 124 Å². The Balaban J connectivity index is 1.25. The molecular formula is C56H62N2OSi+2. The Hall–Kier alpha value is -5.03. The second-order valence-corrected chi connectivity index (χ2v) is 22.3. The van der Waals surface area contributed by atoms with E-state index in [9.17, 15) is 0 Å². The van der Waals surface area contributed by atoms with Crippen LogP contribution in [-0.2, 0) is 11.8 Å². The maximum atomic E-state index is 7.06. The number of hydrogen-bond acceptors (Lipinski definition) is 1. The average Bonchev–Trinajstić information content (AvgIpc) is 3.63. The molecule has 2 aliphatic carbocycles. The lowest BCUT2D eigenvalue weighted by Crippen LogP contribution is -2.62. The van der Waals surface area contributed by atoms with Crippen molar-refractivity contribution in [3.8, 4) is 11.3 Å². The fraction of sp³-hybridized carbons (Fsp3) is 0.339. The number of aromatic nitrogens is 1. The summed E-state index contributed by atoms with van der Waals surface area (Å²) in [4.78, 5) is 0. The highest BCUT2D eigenvalue weighted by Crippen LogP contribution is 2.60. The van der Waals surface area contributed by atoms with Crippen molar-refractivity contribution < 1.29 is 13.5 Å². The molecule has 3 aromatic carbocycles. The molecule has 5 heterocycles. The Bertz CT molecular complexity index is 2800. The molecule has 60 heavy (non-hydrogen) atoms. The van der Waals surface area contributed by atoms with Gasteiger partial charge in [-0.3, -0.25) is 4.48 Å². The van der Waals surface area contributed by atoms with Gasteiger partial charge in [0, 0.05) is 46.2 Å². The van der Waals surface area contributed by atoms with Crippen LogP contribution in [-0.4, -0.2) is 20.3 Å². The van der Waals surface area contributed by atoms with Crippen LogP contribution in [0.25, 0.3) is 45.5 Å². The van der Waals surface area contributed by atoms with Crippen molar-refractivity contribution in [1.82, 2.24) is 0 Å². The molecule has 0 saturated heterocycles. The molecule has 0 bridgehead atoms. The van der Waals surface area contributed by atoms with E-state index in [1.54, 1.807) is 5.19 Å². The molecule has 5 aliphatic rings. The van der Waals surface area contributed by atoms with Gasteiger partial charge in [-0.2, -0.15) is 4.57 Å². The van der Waals surface area contributed by atoms with Crippen molar-refractivity contribution in [3.63, 3.8) is 0 Å². The Morgan fingerprint density at radius 1 is 1.00 bits per heavy atom. The number of benzene rings is 3. The number of hydrogen-bond donors (Lipinski definition) is 0. The van der Waals surface area contributed by atoms with Gasteiger partial charge in [-0.15, -0.1) is 0 Å². The highest BCUT2D eigenvalue weighted by Gasteiger charge is 2.61. The van der Waals surface area contributed by atoms with Gasteiger partial charge in [0.25, 0.3) is 0 Å². The van der Waals surface area contributed by atoms with Crippen LogP contribution in [0.3, 0.4) is 0 Å². The third kappa shape index (κ3) is 5.52. The van der Waals surface area contributed by atoms with Gasteiger partial charge in [-0.05, 0) is 101 Å². The molecule has 0 spiro atoms. The van der Waals surface area contributed by atoms with Crippen LogP contribution in [0.5, 0.6) is 0 Å². The molecular weight excluding hydrogens is 745 g/mol. The van der Waals surface area contributed by atoms with Crippen molar-refractivity contribution >= 4 is 48.3 Å². The van der Waals surface area contributed by atoms with Crippen molar-refractivity contribution in [2.24, 2.45) is 11.8 Å². The summed E-state index contributed by atoms with van der Waals surface area (Å²) in [5.74, 6) is 1.77. The number of nitrogens with zero attached hydrogens (tertiary/aromatic N) is 2. The molecule has 304 valence electrons. The lowest BCUT2D eigenvalue weighted by molar-refractivity contribution is -0.857. The van der Waals surface area contributed by atoms with Crippen molar-refractivity contribution in [2.75, 3.05) is 7.05 Å². The van der Waals surface area contributed by atoms with E-state index in [1.165, 1.54) is 78.0 Å². The number of pyridine rings is 1. The first kappa shape index (κ1) is 39.1. The fourth-order valence-corrected chi connectivity index (χ4v) is 13.5. The minimum Gasteiger partial charge on any atom is -0.455 e. The van der Waals surface area contributed by atoms with Crippen LogP contribution >= 0.6 is 0 Å². The van der Waals surface area contributed by atoms with Crippen LogP contribution in [0.4, 0.5) is 0 Å². The predicted molar refractivity (Wildman–Crippen MR) is 255 cm³/mol. The van der Waals surface area contributed by atoms with E-state index < -0.39 is 8.80 Å². The second kappa shape index (κ2) is 14.3. The summed E-state index contributed by atoms with van der Waals surface area (Å²) in [6.45, 7) is 23.7.